The maximum absolute atomic E-state index is 5.93. The number of hydrogen-bond acceptors (Lipinski definition) is 6. The van der Waals surface area contributed by atoms with Crippen LogP contribution in [0.3, 0.4) is 0 Å². The number of benzene rings is 1. The maximum Gasteiger partial charge on any atom is 0.191 e. The first-order chi connectivity index (χ1) is 10.3. The fourth-order valence-electron chi connectivity index (χ4n) is 2.21. The molecule has 21 heavy (non-hydrogen) atoms. The van der Waals surface area contributed by atoms with Crippen LogP contribution in [0.4, 0.5) is 0 Å². The summed E-state index contributed by atoms with van der Waals surface area (Å²) in [6, 6.07) is 7.72. The van der Waals surface area contributed by atoms with Gasteiger partial charge in [0.05, 0.1) is 6.54 Å². The van der Waals surface area contributed by atoms with Gasteiger partial charge in [-0.1, -0.05) is 23.9 Å². The van der Waals surface area contributed by atoms with E-state index in [1.54, 1.807) is 11.8 Å². The Bertz CT molecular complexity index is 617. The highest BCUT2D eigenvalue weighted by Crippen LogP contribution is 2.32. The molecule has 2 heterocycles. The second-order valence-corrected chi connectivity index (χ2v) is 5.64. The van der Waals surface area contributed by atoms with Crippen LogP contribution in [0.2, 0.25) is 0 Å². The lowest BCUT2D eigenvalue weighted by atomic mass is 10.3. The zero-order valence-electron chi connectivity index (χ0n) is 11.9. The highest BCUT2D eigenvalue weighted by molar-refractivity contribution is 7.99. The average Bonchev–Trinajstić information content (AvgIpc) is 2.94. The van der Waals surface area contributed by atoms with Crippen LogP contribution >= 0.6 is 11.8 Å². The molecule has 1 unspecified atom stereocenters. The molecule has 0 saturated carbocycles. The van der Waals surface area contributed by atoms with Crippen LogP contribution in [0.25, 0.3) is 0 Å². The zero-order chi connectivity index (χ0) is 14.7. The van der Waals surface area contributed by atoms with E-state index in [1.165, 1.54) is 0 Å². The molecular weight excluding hydrogens is 288 g/mol. The Morgan fingerprint density at radius 1 is 1.33 bits per heavy atom. The molecule has 0 bridgehead atoms. The topological polar surface area (TPSA) is 75.2 Å². The number of hydrogen-bond donors (Lipinski definition) is 1. The van der Waals surface area contributed by atoms with Gasteiger partial charge < -0.3 is 19.8 Å². The van der Waals surface area contributed by atoms with Gasteiger partial charge in [-0.25, -0.2) is 0 Å². The van der Waals surface area contributed by atoms with Gasteiger partial charge in [0, 0.05) is 12.3 Å². The van der Waals surface area contributed by atoms with Crippen molar-refractivity contribution in [3.05, 3.63) is 30.1 Å². The molecule has 0 saturated heterocycles. The summed E-state index contributed by atoms with van der Waals surface area (Å²) in [4.78, 5) is 0. The third kappa shape index (κ3) is 2.98. The van der Waals surface area contributed by atoms with E-state index in [9.17, 15) is 0 Å². The van der Waals surface area contributed by atoms with E-state index in [4.69, 9.17) is 15.2 Å². The van der Waals surface area contributed by atoms with E-state index in [0.717, 1.165) is 34.8 Å². The van der Waals surface area contributed by atoms with E-state index < -0.39 is 0 Å². The molecule has 1 aromatic carbocycles. The third-order valence-corrected chi connectivity index (χ3v) is 4.36. The predicted octanol–water partition coefficient (Wildman–Crippen LogP) is 1.69. The minimum absolute atomic E-state index is 0.00762. The van der Waals surface area contributed by atoms with Crippen molar-refractivity contribution >= 4 is 11.8 Å². The molecule has 0 aliphatic carbocycles. The van der Waals surface area contributed by atoms with Crippen LogP contribution in [0.1, 0.15) is 12.7 Å². The number of rotatable bonds is 5. The lowest BCUT2D eigenvalue weighted by molar-refractivity contribution is 0.107. The number of aromatic nitrogens is 3. The highest BCUT2D eigenvalue weighted by atomic mass is 32.2. The number of thioether (sulfide) groups is 1. The summed E-state index contributed by atoms with van der Waals surface area (Å²) in [5.74, 6) is 3.18. The van der Waals surface area contributed by atoms with Crippen molar-refractivity contribution in [2.45, 2.75) is 31.3 Å². The molecule has 6 nitrogen and oxygen atoms in total. The molecule has 0 spiro atoms. The summed E-state index contributed by atoms with van der Waals surface area (Å²) in [5.41, 5.74) is 5.65. The van der Waals surface area contributed by atoms with Crippen LogP contribution in [-0.2, 0) is 13.1 Å². The van der Waals surface area contributed by atoms with Crippen LogP contribution in [0, 0.1) is 0 Å². The monoisotopic (exact) mass is 306 g/mol. The summed E-state index contributed by atoms with van der Waals surface area (Å²) < 4.78 is 13.7. The molecule has 112 valence electrons. The van der Waals surface area contributed by atoms with Gasteiger partial charge in [-0.3, -0.25) is 0 Å². The molecule has 1 aliphatic heterocycles. The van der Waals surface area contributed by atoms with Gasteiger partial charge in [-0.2, -0.15) is 0 Å². The van der Waals surface area contributed by atoms with Crippen molar-refractivity contribution < 1.29 is 9.47 Å². The Kier molecular flexibility index (Phi) is 4.31. The number of nitrogens with zero attached hydrogens (tertiary/aromatic N) is 3. The summed E-state index contributed by atoms with van der Waals surface area (Å²) >= 11 is 1.62. The first kappa shape index (κ1) is 14.2. The van der Waals surface area contributed by atoms with Crippen LogP contribution < -0.4 is 15.2 Å². The minimum Gasteiger partial charge on any atom is -0.486 e. The molecular formula is C14H18N4O2S. The van der Waals surface area contributed by atoms with Crippen molar-refractivity contribution in [3.8, 4) is 11.5 Å². The van der Waals surface area contributed by atoms with Crippen LogP contribution in [0.5, 0.6) is 11.5 Å². The number of ether oxygens (including phenoxy) is 2. The minimum atomic E-state index is 0.00762. The van der Waals surface area contributed by atoms with E-state index in [0.29, 0.717) is 13.2 Å². The standard InChI is InChI=1S/C14H18N4O2S/c1-2-18-13(7-15)16-17-14(18)21-9-10-8-19-11-5-3-4-6-12(11)20-10/h3-6,10H,2,7-9,15H2,1H3. The van der Waals surface area contributed by atoms with Crippen molar-refractivity contribution in [1.29, 1.82) is 0 Å². The fourth-order valence-corrected chi connectivity index (χ4v) is 3.20. The maximum atomic E-state index is 5.93. The summed E-state index contributed by atoms with van der Waals surface area (Å²) in [5, 5.41) is 9.16. The zero-order valence-corrected chi connectivity index (χ0v) is 12.7. The van der Waals surface area contributed by atoms with Gasteiger partial charge in [0.15, 0.2) is 16.7 Å². The molecule has 2 N–H and O–H groups in total. The third-order valence-electron chi connectivity index (χ3n) is 3.26. The molecule has 3 rings (SSSR count). The van der Waals surface area contributed by atoms with E-state index in [1.807, 2.05) is 28.8 Å². The Morgan fingerprint density at radius 3 is 2.90 bits per heavy atom. The Hall–Kier alpha value is -1.73. The molecule has 1 atom stereocenters. The SMILES string of the molecule is CCn1c(CN)nnc1SCC1COc2ccccc2O1. The summed E-state index contributed by atoms with van der Waals surface area (Å²) in [6.07, 6.45) is 0.00762. The Balaban J connectivity index is 1.63. The number of para-hydroxylation sites is 2. The number of nitrogens with two attached hydrogens (primary N) is 1. The van der Waals surface area contributed by atoms with Gasteiger partial charge >= 0.3 is 0 Å². The lowest BCUT2D eigenvalue weighted by Crippen LogP contribution is -2.31. The van der Waals surface area contributed by atoms with Crippen molar-refractivity contribution in [2.24, 2.45) is 5.73 Å². The number of fused-ring (bicyclic) bond motifs is 1. The summed E-state index contributed by atoms with van der Waals surface area (Å²) in [7, 11) is 0. The van der Waals surface area contributed by atoms with Gasteiger partial charge in [0.25, 0.3) is 0 Å². The summed E-state index contributed by atoms with van der Waals surface area (Å²) in [6.45, 7) is 3.82. The predicted molar refractivity (Wildman–Crippen MR) is 80.7 cm³/mol. The highest BCUT2D eigenvalue weighted by Gasteiger charge is 2.22. The van der Waals surface area contributed by atoms with Gasteiger partial charge in [0.1, 0.15) is 18.5 Å². The first-order valence-electron chi connectivity index (χ1n) is 6.95. The normalized spacial score (nSPS) is 17.0. The molecule has 0 radical (unpaired) electrons. The average molecular weight is 306 g/mol. The van der Waals surface area contributed by atoms with Gasteiger partial charge in [0.2, 0.25) is 0 Å². The molecule has 1 aromatic heterocycles. The van der Waals surface area contributed by atoms with E-state index in [2.05, 4.69) is 17.1 Å². The first-order valence-corrected chi connectivity index (χ1v) is 7.93. The van der Waals surface area contributed by atoms with Crippen LogP contribution in [-0.4, -0.2) is 33.2 Å². The van der Waals surface area contributed by atoms with E-state index in [-0.39, 0.29) is 6.10 Å². The Labute approximate surface area is 127 Å². The second-order valence-electron chi connectivity index (χ2n) is 4.66. The van der Waals surface area contributed by atoms with Gasteiger partial charge in [-0.05, 0) is 19.1 Å². The smallest absolute Gasteiger partial charge is 0.191 e. The van der Waals surface area contributed by atoms with Crippen molar-refractivity contribution in [1.82, 2.24) is 14.8 Å². The van der Waals surface area contributed by atoms with Crippen LogP contribution in [0.15, 0.2) is 29.4 Å². The second kappa shape index (κ2) is 6.36. The van der Waals surface area contributed by atoms with Crippen molar-refractivity contribution in [3.63, 3.8) is 0 Å². The molecule has 2 aromatic rings. The fraction of sp³-hybridized carbons (Fsp3) is 0.429. The molecule has 0 fully saturated rings. The van der Waals surface area contributed by atoms with Gasteiger partial charge in [-0.15, -0.1) is 10.2 Å². The van der Waals surface area contributed by atoms with E-state index >= 15 is 0 Å². The van der Waals surface area contributed by atoms with Crippen molar-refractivity contribution in [2.75, 3.05) is 12.4 Å². The molecule has 0 amide bonds. The lowest BCUT2D eigenvalue weighted by Gasteiger charge is -2.26. The largest absolute Gasteiger partial charge is 0.486 e. The Morgan fingerprint density at radius 2 is 2.14 bits per heavy atom. The molecule has 1 aliphatic rings. The molecule has 7 heteroatoms. The quantitative estimate of drug-likeness (QED) is 0.847.